The van der Waals surface area contributed by atoms with Gasteiger partial charge in [0, 0.05) is 49.1 Å². The predicted octanol–water partition coefficient (Wildman–Crippen LogP) is 4.27. The summed E-state index contributed by atoms with van der Waals surface area (Å²) in [4.78, 5) is 25.2. The Balaban J connectivity index is 1.79. The average molecular weight is 401 g/mol. The summed E-state index contributed by atoms with van der Waals surface area (Å²) in [7, 11) is 0. The van der Waals surface area contributed by atoms with E-state index in [1.165, 1.54) is 0 Å². The van der Waals surface area contributed by atoms with Crippen molar-refractivity contribution in [3.63, 3.8) is 0 Å². The normalized spacial score (nSPS) is 14.6. The fourth-order valence-corrected chi connectivity index (χ4v) is 3.82. The SMILES string of the molecule is CC(=O)N1CCN(c2nc(-c3ccc(Cl)cc3Cl)nc3ccccc23)CC1. The highest BCUT2D eigenvalue weighted by Gasteiger charge is 2.22. The minimum atomic E-state index is 0.107. The molecule has 4 rings (SSSR count). The van der Waals surface area contributed by atoms with Crippen LogP contribution >= 0.6 is 23.2 Å². The molecule has 0 unspecified atom stereocenters. The maximum atomic E-state index is 11.6. The number of amides is 1. The van der Waals surface area contributed by atoms with E-state index >= 15 is 0 Å². The highest BCUT2D eigenvalue weighted by atomic mass is 35.5. The summed E-state index contributed by atoms with van der Waals surface area (Å²) >= 11 is 12.4. The minimum absolute atomic E-state index is 0.107. The van der Waals surface area contributed by atoms with Gasteiger partial charge in [-0.2, -0.15) is 0 Å². The lowest BCUT2D eigenvalue weighted by Gasteiger charge is -2.35. The van der Waals surface area contributed by atoms with Gasteiger partial charge in [0.05, 0.1) is 10.5 Å². The molecule has 1 saturated heterocycles. The van der Waals surface area contributed by atoms with Crippen molar-refractivity contribution in [2.24, 2.45) is 0 Å². The zero-order valence-corrected chi connectivity index (χ0v) is 16.3. The summed E-state index contributed by atoms with van der Waals surface area (Å²) < 4.78 is 0. The number of rotatable bonds is 2. The van der Waals surface area contributed by atoms with Crippen LogP contribution in [0.4, 0.5) is 5.82 Å². The Morgan fingerprint density at radius 2 is 1.74 bits per heavy atom. The molecule has 0 atom stereocenters. The van der Waals surface area contributed by atoms with Crippen molar-refractivity contribution in [2.75, 3.05) is 31.1 Å². The molecule has 1 amide bonds. The topological polar surface area (TPSA) is 49.3 Å². The number of benzene rings is 2. The lowest BCUT2D eigenvalue weighted by molar-refractivity contribution is -0.129. The molecule has 5 nitrogen and oxygen atoms in total. The molecular weight excluding hydrogens is 383 g/mol. The number of anilines is 1. The average Bonchev–Trinajstić information content (AvgIpc) is 2.67. The maximum absolute atomic E-state index is 11.6. The van der Waals surface area contributed by atoms with Gasteiger partial charge in [0.1, 0.15) is 5.82 Å². The van der Waals surface area contributed by atoms with Crippen molar-refractivity contribution < 1.29 is 4.79 Å². The Labute approximate surface area is 167 Å². The molecule has 0 saturated carbocycles. The van der Waals surface area contributed by atoms with Crippen LogP contribution in [-0.2, 0) is 4.79 Å². The maximum Gasteiger partial charge on any atom is 0.219 e. The summed E-state index contributed by atoms with van der Waals surface area (Å²) in [5.74, 6) is 1.54. The number of hydrogen-bond acceptors (Lipinski definition) is 4. The van der Waals surface area contributed by atoms with E-state index in [1.54, 1.807) is 19.1 Å². The van der Waals surface area contributed by atoms with Gasteiger partial charge < -0.3 is 9.80 Å². The molecule has 1 aromatic heterocycles. The van der Waals surface area contributed by atoms with Crippen LogP contribution in [-0.4, -0.2) is 47.0 Å². The molecule has 3 aromatic rings. The quantitative estimate of drug-likeness (QED) is 0.644. The second-order valence-electron chi connectivity index (χ2n) is 6.51. The van der Waals surface area contributed by atoms with E-state index in [0.29, 0.717) is 29.0 Å². The van der Waals surface area contributed by atoms with E-state index in [2.05, 4.69) is 4.90 Å². The number of piperazine rings is 1. The largest absolute Gasteiger partial charge is 0.352 e. The molecule has 27 heavy (non-hydrogen) atoms. The fraction of sp³-hybridized carbons (Fsp3) is 0.250. The summed E-state index contributed by atoms with van der Waals surface area (Å²) in [5.41, 5.74) is 1.60. The standard InChI is InChI=1S/C20H18Cl2N4O/c1-13(27)25-8-10-26(11-9-25)20-16-4-2-3-5-18(16)23-19(24-20)15-7-6-14(21)12-17(15)22/h2-7,12H,8-11H2,1H3. The van der Waals surface area contributed by atoms with Gasteiger partial charge in [-0.1, -0.05) is 35.3 Å². The van der Waals surface area contributed by atoms with Crippen molar-refractivity contribution in [2.45, 2.75) is 6.92 Å². The monoisotopic (exact) mass is 400 g/mol. The van der Waals surface area contributed by atoms with E-state index in [9.17, 15) is 4.79 Å². The molecule has 0 aliphatic carbocycles. The van der Waals surface area contributed by atoms with Crippen molar-refractivity contribution in [3.05, 3.63) is 52.5 Å². The van der Waals surface area contributed by atoms with Gasteiger partial charge in [-0.3, -0.25) is 4.79 Å². The molecular formula is C20H18Cl2N4O. The molecule has 2 heterocycles. The first kappa shape index (κ1) is 18.0. The molecule has 0 N–H and O–H groups in total. The Morgan fingerprint density at radius 1 is 1.00 bits per heavy atom. The predicted molar refractivity (Wildman–Crippen MR) is 109 cm³/mol. The van der Waals surface area contributed by atoms with Crippen LogP contribution in [0.1, 0.15) is 6.92 Å². The van der Waals surface area contributed by atoms with Gasteiger partial charge >= 0.3 is 0 Å². The van der Waals surface area contributed by atoms with E-state index in [4.69, 9.17) is 33.2 Å². The van der Waals surface area contributed by atoms with Crippen molar-refractivity contribution in [1.82, 2.24) is 14.9 Å². The molecule has 0 bridgehead atoms. The van der Waals surface area contributed by atoms with Gasteiger partial charge in [0.2, 0.25) is 5.91 Å². The van der Waals surface area contributed by atoms with Crippen molar-refractivity contribution in [3.8, 4) is 11.4 Å². The first-order valence-electron chi connectivity index (χ1n) is 8.75. The Morgan fingerprint density at radius 3 is 2.44 bits per heavy atom. The summed E-state index contributed by atoms with van der Waals surface area (Å²) in [6, 6.07) is 13.3. The van der Waals surface area contributed by atoms with E-state index in [-0.39, 0.29) is 5.91 Å². The van der Waals surface area contributed by atoms with Crippen LogP contribution < -0.4 is 4.90 Å². The first-order chi connectivity index (χ1) is 13.0. The number of halogens is 2. The summed E-state index contributed by atoms with van der Waals surface area (Å²) in [5, 5.41) is 2.08. The Kier molecular flexibility index (Phi) is 4.89. The first-order valence-corrected chi connectivity index (χ1v) is 9.51. The number of carbonyl (C=O) groups is 1. The van der Waals surface area contributed by atoms with Crippen LogP contribution in [0.3, 0.4) is 0 Å². The number of nitrogens with zero attached hydrogens (tertiary/aromatic N) is 4. The minimum Gasteiger partial charge on any atom is -0.352 e. The molecule has 1 aliphatic rings. The number of carbonyl (C=O) groups excluding carboxylic acids is 1. The Bertz CT molecular complexity index is 1020. The van der Waals surface area contributed by atoms with Crippen molar-refractivity contribution >= 4 is 45.8 Å². The third-order valence-electron chi connectivity index (χ3n) is 4.78. The van der Waals surface area contributed by atoms with Crippen LogP contribution in [0.15, 0.2) is 42.5 Å². The van der Waals surface area contributed by atoms with Crippen LogP contribution in [0.5, 0.6) is 0 Å². The van der Waals surface area contributed by atoms with Crippen LogP contribution in [0.2, 0.25) is 10.0 Å². The number of fused-ring (bicyclic) bond motifs is 1. The zero-order valence-electron chi connectivity index (χ0n) is 14.8. The second kappa shape index (κ2) is 7.33. The van der Waals surface area contributed by atoms with Gasteiger partial charge in [-0.05, 0) is 30.3 Å². The number of para-hydroxylation sites is 1. The molecule has 7 heteroatoms. The fourth-order valence-electron chi connectivity index (χ4n) is 3.33. The highest BCUT2D eigenvalue weighted by molar-refractivity contribution is 6.36. The highest BCUT2D eigenvalue weighted by Crippen LogP contribution is 2.32. The van der Waals surface area contributed by atoms with E-state index < -0.39 is 0 Å². The summed E-state index contributed by atoms with van der Waals surface area (Å²) in [6.45, 7) is 4.44. The third-order valence-corrected chi connectivity index (χ3v) is 5.33. The van der Waals surface area contributed by atoms with E-state index in [0.717, 1.165) is 35.4 Å². The van der Waals surface area contributed by atoms with Gasteiger partial charge in [-0.25, -0.2) is 9.97 Å². The van der Waals surface area contributed by atoms with Gasteiger partial charge in [0.25, 0.3) is 0 Å². The lowest BCUT2D eigenvalue weighted by atomic mass is 10.1. The molecule has 1 fully saturated rings. The van der Waals surface area contributed by atoms with E-state index in [1.807, 2.05) is 35.2 Å². The number of aromatic nitrogens is 2. The molecule has 0 radical (unpaired) electrons. The van der Waals surface area contributed by atoms with Crippen molar-refractivity contribution in [1.29, 1.82) is 0 Å². The lowest BCUT2D eigenvalue weighted by Crippen LogP contribution is -2.48. The molecule has 2 aromatic carbocycles. The molecule has 1 aliphatic heterocycles. The number of hydrogen-bond donors (Lipinski definition) is 0. The van der Waals surface area contributed by atoms with Crippen LogP contribution in [0.25, 0.3) is 22.3 Å². The summed E-state index contributed by atoms with van der Waals surface area (Å²) in [6.07, 6.45) is 0. The Hall–Kier alpha value is -2.37. The van der Waals surface area contributed by atoms with Crippen LogP contribution in [0, 0.1) is 0 Å². The van der Waals surface area contributed by atoms with Gasteiger partial charge in [0.15, 0.2) is 5.82 Å². The molecule has 138 valence electrons. The zero-order chi connectivity index (χ0) is 19.0. The smallest absolute Gasteiger partial charge is 0.219 e. The van der Waals surface area contributed by atoms with Gasteiger partial charge in [-0.15, -0.1) is 0 Å². The third kappa shape index (κ3) is 3.57. The molecule has 0 spiro atoms. The second-order valence-corrected chi connectivity index (χ2v) is 7.35.